The molecule has 1 unspecified atom stereocenters. The fourth-order valence-corrected chi connectivity index (χ4v) is 2.34. The van der Waals surface area contributed by atoms with Gasteiger partial charge in [0.15, 0.2) is 0 Å². The minimum absolute atomic E-state index is 0.0689. The number of hydrogen-bond donors (Lipinski definition) is 1. The summed E-state index contributed by atoms with van der Waals surface area (Å²) in [4.78, 5) is 13.0. The highest BCUT2D eigenvalue weighted by molar-refractivity contribution is 5.67. The summed E-state index contributed by atoms with van der Waals surface area (Å²) in [6.07, 6.45) is 2.65. The first-order valence-electron chi connectivity index (χ1n) is 5.32. The van der Waals surface area contributed by atoms with Crippen molar-refractivity contribution in [2.45, 2.75) is 33.1 Å². The van der Waals surface area contributed by atoms with Crippen LogP contribution in [0.2, 0.25) is 0 Å². The Labute approximate surface area is 86.1 Å². The monoisotopic (exact) mass is 199 g/mol. The van der Waals surface area contributed by atoms with Gasteiger partial charge in [-0.1, -0.05) is 13.8 Å². The summed E-state index contributed by atoms with van der Waals surface area (Å²) in [5.74, 6) is -0.152. The molecule has 0 aliphatic carbocycles. The highest BCUT2D eigenvalue weighted by atomic mass is 16.4. The zero-order chi connectivity index (χ0) is 10.8. The van der Waals surface area contributed by atoms with Crippen molar-refractivity contribution >= 4 is 5.97 Å². The normalized spacial score (nSPS) is 24.9. The molecule has 3 nitrogen and oxygen atoms in total. The van der Waals surface area contributed by atoms with Gasteiger partial charge in [-0.05, 0) is 37.8 Å². The maximum Gasteiger partial charge on any atom is 0.303 e. The van der Waals surface area contributed by atoms with Crippen LogP contribution in [0.25, 0.3) is 0 Å². The Morgan fingerprint density at radius 3 is 2.71 bits per heavy atom. The number of aliphatic carboxylic acids is 1. The van der Waals surface area contributed by atoms with E-state index >= 15 is 0 Å². The van der Waals surface area contributed by atoms with Gasteiger partial charge in [0, 0.05) is 6.54 Å². The molecule has 1 heterocycles. The Morgan fingerprint density at radius 2 is 2.21 bits per heavy atom. The second-order valence-electron chi connectivity index (χ2n) is 5.16. The first-order valence-corrected chi connectivity index (χ1v) is 5.32. The van der Waals surface area contributed by atoms with Crippen molar-refractivity contribution in [1.82, 2.24) is 4.90 Å². The summed E-state index contributed by atoms with van der Waals surface area (Å²) in [5, 5.41) is 8.83. The predicted molar refractivity (Wildman–Crippen MR) is 56.3 cm³/mol. The van der Waals surface area contributed by atoms with Crippen LogP contribution in [0, 0.1) is 11.3 Å². The molecule has 1 aliphatic heterocycles. The van der Waals surface area contributed by atoms with E-state index in [2.05, 4.69) is 25.8 Å². The molecule has 0 aromatic rings. The number of likely N-dealkylation sites (tertiary alicyclic amines) is 1. The lowest BCUT2D eigenvalue weighted by Crippen LogP contribution is -2.40. The van der Waals surface area contributed by atoms with Crippen molar-refractivity contribution in [3.63, 3.8) is 0 Å². The fourth-order valence-electron chi connectivity index (χ4n) is 2.34. The second kappa shape index (κ2) is 4.30. The maximum absolute atomic E-state index is 10.7. The first kappa shape index (κ1) is 11.5. The van der Waals surface area contributed by atoms with Crippen molar-refractivity contribution in [2.24, 2.45) is 11.3 Å². The molecule has 0 saturated carbocycles. The summed E-state index contributed by atoms with van der Waals surface area (Å²) in [7, 11) is 2.11. The number of nitrogens with zero attached hydrogens (tertiary/aromatic N) is 1. The van der Waals surface area contributed by atoms with Crippen molar-refractivity contribution in [2.75, 3.05) is 20.1 Å². The molecule has 0 aromatic heterocycles. The van der Waals surface area contributed by atoms with Gasteiger partial charge in [0.1, 0.15) is 0 Å². The summed E-state index contributed by atoms with van der Waals surface area (Å²) in [5.41, 5.74) is -0.0689. The van der Waals surface area contributed by atoms with E-state index in [4.69, 9.17) is 5.11 Å². The number of rotatable bonds is 3. The van der Waals surface area contributed by atoms with Gasteiger partial charge in [0.25, 0.3) is 0 Å². The molecule has 14 heavy (non-hydrogen) atoms. The average molecular weight is 199 g/mol. The molecular formula is C11H21NO2. The Morgan fingerprint density at radius 1 is 1.57 bits per heavy atom. The van der Waals surface area contributed by atoms with E-state index in [0.717, 1.165) is 13.1 Å². The van der Waals surface area contributed by atoms with Crippen LogP contribution in [-0.4, -0.2) is 36.1 Å². The Bertz CT molecular complexity index is 213. The lowest BCUT2D eigenvalue weighted by atomic mass is 9.72. The number of carboxylic acid groups (broad SMARTS) is 1. The molecule has 1 N–H and O–H groups in total. The molecular weight excluding hydrogens is 178 g/mol. The quantitative estimate of drug-likeness (QED) is 0.754. The minimum atomic E-state index is -0.678. The molecule has 0 bridgehead atoms. The van der Waals surface area contributed by atoms with Crippen LogP contribution < -0.4 is 0 Å². The number of carboxylic acids is 1. The van der Waals surface area contributed by atoms with E-state index in [1.54, 1.807) is 0 Å². The molecule has 0 radical (unpaired) electrons. The molecule has 1 atom stereocenters. The SMILES string of the molecule is CN1CCCC(C(C)(C)CC(=O)O)C1. The summed E-state index contributed by atoms with van der Waals surface area (Å²) < 4.78 is 0. The summed E-state index contributed by atoms with van der Waals surface area (Å²) in [6, 6.07) is 0. The molecule has 1 rings (SSSR count). The van der Waals surface area contributed by atoms with Crippen LogP contribution in [0.4, 0.5) is 0 Å². The van der Waals surface area contributed by atoms with Crippen LogP contribution in [0.5, 0.6) is 0 Å². The summed E-state index contributed by atoms with van der Waals surface area (Å²) in [6.45, 7) is 6.34. The van der Waals surface area contributed by atoms with Crippen molar-refractivity contribution < 1.29 is 9.90 Å². The van der Waals surface area contributed by atoms with E-state index < -0.39 is 5.97 Å². The third-order valence-electron chi connectivity index (χ3n) is 3.34. The van der Waals surface area contributed by atoms with Crippen LogP contribution in [0.3, 0.4) is 0 Å². The van der Waals surface area contributed by atoms with Gasteiger partial charge < -0.3 is 10.0 Å². The van der Waals surface area contributed by atoms with Gasteiger partial charge in [-0.25, -0.2) is 0 Å². The summed E-state index contributed by atoms with van der Waals surface area (Å²) >= 11 is 0. The van der Waals surface area contributed by atoms with Crippen LogP contribution in [0.15, 0.2) is 0 Å². The molecule has 0 amide bonds. The van der Waals surface area contributed by atoms with Crippen LogP contribution in [-0.2, 0) is 4.79 Å². The predicted octanol–water partition coefficient (Wildman–Crippen LogP) is 1.83. The van der Waals surface area contributed by atoms with Crippen molar-refractivity contribution in [3.8, 4) is 0 Å². The zero-order valence-electron chi connectivity index (χ0n) is 9.42. The maximum atomic E-state index is 10.7. The third-order valence-corrected chi connectivity index (χ3v) is 3.34. The smallest absolute Gasteiger partial charge is 0.303 e. The Hall–Kier alpha value is -0.570. The van der Waals surface area contributed by atoms with E-state index in [9.17, 15) is 4.79 Å². The highest BCUT2D eigenvalue weighted by Crippen LogP contribution is 2.36. The van der Waals surface area contributed by atoms with E-state index in [1.807, 2.05) is 0 Å². The van der Waals surface area contributed by atoms with Gasteiger partial charge in [-0.15, -0.1) is 0 Å². The number of hydrogen-bond acceptors (Lipinski definition) is 2. The minimum Gasteiger partial charge on any atom is -0.481 e. The zero-order valence-corrected chi connectivity index (χ0v) is 9.42. The fraction of sp³-hybridized carbons (Fsp3) is 0.909. The van der Waals surface area contributed by atoms with Crippen molar-refractivity contribution in [1.29, 1.82) is 0 Å². The van der Waals surface area contributed by atoms with Gasteiger partial charge in [-0.3, -0.25) is 4.79 Å². The van der Waals surface area contributed by atoms with Gasteiger partial charge in [-0.2, -0.15) is 0 Å². The third kappa shape index (κ3) is 2.98. The largest absolute Gasteiger partial charge is 0.481 e. The average Bonchev–Trinajstić information content (AvgIpc) is 2.01. The molecule has 1 saturated heterocycles. The Balaban J connectivity index is 2.56. The first-order chi connectivity index (χ1) is 6.42. The van der Waals surface area contributed by atoms with Crippen LogP contribution in [0.1, 0.15) is 33.1 Å². The standard InChI is InChI=1S/C11H21NO2/c1-11(2,7-10(13)14)9-5-4-6-12(3)8-9/h9H,4-8H2,1-3H3,(H,13,14). The highest BCUT2D eigenvalue weighted by Gasteiger charge is 2.33. The topological polar surface area (TPSA) is 40.5 Å². The lowest BCUT2D eigenvalue weighted by Gasteiger charge is -2.39. The molecule has 1 aliphatic rings. The Kier molecular flexibility index (Phi) is 3.53. The second-order valence-corrected chi connectivity index (χ2v) is 5.16. The van der Waals surface area contributed by atoms with Crippen LogP contribution >= 0.6 is 0 Å². The van der Waals surface area contributed by atoms with Gasteiger partial charge in [0.05, 0.1) is 6.42 Å². The molecule has 0 spiro atoms. The molecule has 1 fully saturated rings. The van der Waals surface area contributed by atoms with E-state index in [1.165, 1.54) is 12.8 Å². The van der Waals surface area contributed by atoms with E-state index in [-0.39, 0.29) is 11.8 Å². The van der Waals surface area contributed by atoms with E-state index in [0.29, 0.717) is 5.92 Å². The number of carbonyl (C=O) groups is 1. The van der Waals surface area contributed by atoms with Gasteiger partial charge >= 0.3 is 5.97 Å². The number of piperidine rings is 1. The lowest BCUT2D eigenvalue weighted by molar-refractivity contribution is -0.140. The van der Waals surface area contributed by atoms with Gasteiger partial charge in [0.2, 0.25) is 0 Å². The molecule has 0 aromatic carbocycles. The molecule has 82 valence electrons. The molecule has 3 heteroatoms. The van der Waals surface area contributed by atoms with Crippen molar-refractivity contribution in [3.05, 3.63) is 0 Å².